The van der Waals surface area contributed by atoms with Gasteiger partial charge in [-0.3, -0.25) is 0 Å². The van der Waals surface area contributed by atoms with Gasteiger partial charge in [0.2, 0.25) is 0 Å². The van der Waals surface area contributed by atoms with E-state index in [-0.39, 0.29) is 5.54 Å². The molecule has 0 radical (unpaired) electrons. The Morgan fingerprint density at radius 2 is 2.12 bits per heavy atom. The molecule has 0 aliphatic heterocycles. The minimum Gasteiger partial charge on any atom is -0.472 e. The average molecular weight is 248 g/mol. The van der Waals surface area contributed by atoms with Gasteiger partial charge in [0.05, 0.1) is 17.5 Å². The summed E-state index contributed by atoms with van der Waals surface area (Å²) in [5, 5.41) is 3.11. The van der Waals surface area contributed by atoms with Crippen LogP contribution in [0.25, 0.3) is 10.6 Å². The van der Waals surface area contributed by atoms with Gasteiger partial charge in [-0.15, -0.1) is 11.3 Å². The molecule has 0 spiro atoms. The summed E-state index contributed by atoms with van der Waals surface area (Å²) in [7, 11) is 0. The minimum absolute atomic E-state index is 0.198. The fourth-order valence-corrected chi connectivity index (χ4v) is 3.37. The standard InChI is InChI=1S/C13H16N2OS/c14-13(5-2-1-3-6-13)11-9-17-12(15-11)10-4-7-16-8-10/h4,7-9H,1-3,5-6,14H2. The Bertz CT molecular complexity index is 483. The lowest BCUT2D eigenvalue weighted by molar-refractivity contribution is 0.296. The third kappa shape index (κ3) is 2.03. The van der Waals surface area contributed by atoms with E-state index in [1.807, 2.05) is 6.07 Å². The number of thiazole rings is 1. The number of aromatic nitrogens is 1. The molecule has 0 unspecified atom stereocenters. The van der Waals surface area contributed by atoms with Gasteiger partial charge < -0.3 is 10.2 Å². The molecule has 2 aromatic rings. The van der Waals surface area contributed by atoms with Crippen molar-refractivity contribution in [3.8, 4) is 10.6 Å². The third-order valence-electron chi connectivity index (χ3n) is 3.53. The van der Waals surface area contributed by atoms with Gasteiger partial charge >= 0.3 is 0 Å². The first-order valence-corrected chi connectivity index (χ1v) is 6.93. The second-order valence-corrected chi connectivity index (χ2v) is 5.62. The molecule has 4 heteroatoms. The Morgan fingerprint density at radius 1 is 1.29 bits per heavy atom. The Labute approximate surface area is 105 Å². The molecule has 1 aliphatic carbocycles. The second kappa shape index (κ2) is 4.27. The van der Waals surface area contributed by atoms with E-state index in [9.17, 15) is 0 Å². The first-order valence-electron chi connectivity index (χ1n) is 6.05. The predicted molar refractivity (Wildman–Crippen MR) is 68.8 cm³/mol. The van der Waals surface area contributed by atoms with E-state index in [1.54, 1.807) is 23.9 Å². The number of furan rings is 1. The lowest BCUT2D eigenvalue weighted by Gasteiger charge is -2.31. The zero-order valence-corrected chi connectivity index (χ0v) is 10.5. The van der Waals surface area contributed by atoms with Crippen molar-refractivity contribution < 1.29 is 4.42 Å². The quantitative estimate of drug-likeness (QED) is 0.884. The smallest absolute Gasteiger partial charge is 0.126 e. The zero-order valence-electron chi connectivity index (χ0n) is 9.69. The highest BCUT2D eigenvalue weighted by atomic mass is 32.1. The lowest BCUT2D eigenvalue weighted by Crippen LogP contribution is -2.38. The SMILES string of the molecule is NC1(c2csc(-c3ccoc3)n2)CCCCC1. The Kier molecular flexibility index (Phi) is 2.76. The summed E-state index contributed by atoms with van der Waals surface area (Å²) in [4.78, 5) is 4.68. The molecule has 0 bridgehead atoms. The maximum absolute atomic E-state index is 6.47. The Morgan fingerprint density at radius 3 is 2.82 bits per heavy atom. The van der Waals surface area contributed by atoms with Crippen LogP contribution in [0, 0.1) is 0 Å². The van der Waals surface area contributed by atoms with Crippen LogP contribution in [0.4, 0.5) is 0 Å². The molecule has 1 aliphatic rings. The first-order chi connectivity index (χ1) is 8.28. The van der Waals surface area contributed by atoms with Gasteiger partial charge in [0.1, 0.15) is 11.3 Å². The summed E-state index contributed by atoms with van der Waals surface area (Å²) in [6, 6.07) is 1.94. The van der Waals surface area contributed by atoms with E-state index in [0.29, 0.717) is 0 Å². The van der Waals surface area contributed by atoms with Crippen molar-refractivity contribution in [1.29, 1.82) is 0 Å². The van der Waals surface area contributed by atoms with Crippen molar-refractivity contribution in [3.05, 3.63) is 29.7 Å². The highest BCUT2D eigenvalue weighted by molar-refractivity contribution is 7.13. The van der Waals surface area contributed by atoms with Crippen LogP contribution in [-0.4, -0.2) is 4.98 Å². The van der Waals surface area contributed by atoms with Crippen molar-refractivity contribution >= 4 is 11.3 Å². The number of hydrogen-bond acceptors (Lipinski definition) is 4. The predicted octanol–water partition coefficient (Wildman–Crippen LogP) is 3.52. The topological polar surface area (TPSA) is 52.0 Å². The molecule has 90 valence electrons. The van der Waals surface area contributed by atoms with Crippen LogP contribution in [0.3, 0.4) is 0 Å². The molecule has 17 heavy (non-hydrogen) atoms. The second-order valence-electron chi connectivity index (χ2n) is 4.77. The van der Waals surface area contributed by atoms with Gasteiger partial charge in [0, 0.05) is 10.9 Å². The number of hydrogen-bond donors (Lipinski definition) is 1. The largest absolute Gasteiger partial charge is 0.472 e. The molecule has 0 saturated heterocycles. The Balaban J connectivity index is 1.89. The highest BCUT2D eigenvalue weighted by Crippen LogP contribution is 2.36. The van der Waals surface area contributed by atoms with Gasteiger partial charge in [-0.1, -0.05) is 19.3 Å². The van der Waals surface area contributed by atoms with Crippen LogP contribution in [0.15, 0.2) is 28.4 Å². The van der Waals surface area contributed by atoms with Crippen LogP contribution in [0.2, 0.25) is 0 Å². The first kappa shape index (κ1) is 11.0. The van der Waals surface area contributed by atoms with Gasteiger partial charge in [0.25, 0.3) is 0 Å². The van der Waals surface area contributed by atoms with Crippen LogP contribution in [0.1, 0.15) is 37.8 Å². The zero-order chi connectivity index (χ0) is 11.7. The maximum atomic E-state index is 6.47. The van der Waals surface area contributed by atoms with E-state index in [4.69, 9.17) is 10.2 Å². The molecule has 2 aromatic heterocycles. The molecule has 0 atom stereocenters. The van der Waals surface area contributed by atoms with Crippen molar-refractivity contribution in [1.82, 2.24) is 4.98 Å². The van der Waals surface area contributed by atoms with Crippen LogP contribution >= 0.6 is 11.3 Å². The van der Waals surface area contributed by atoms with Gasteiger partial charge in [-0.2, -0.15) is 0 Å². The van der Waals surface area contributed by atoms with Gasteiger partial charge in [-0.05, 0) is 18.9 Å². The summed E-state index contributed by atoms with van der Waals surface area (Å²) in [6.45, 7) is 0. The molecule has 1 fully saturated rings. The van der Waals surface area contributed by atoms with Crippen molar-refractivity contribution in [2.75, 3.05) is 0 Å². The molecule has 3 rings (SSSR count). The molecular weight excluding hydrogens is 232 g/mol. The van der Waals surface area contributed by atoms with Crippen LogP contribution < -0.4 is 5.73 Å². The van der Waals surface area contributed by atoms with Crippen molar-refractivity contribution in [2.45, 2.75) is 37.6 Å². The van der Waals surface area contributed by atoms with Crippen LogP contribution in [-0.2, 0) is 5.54 Å². The van der Waals surface area contributed by atoms with Crippen molar-refractivity contribution in [3.63, 3.8) is 0 Å². The summed E-state index contributed by atoms with van der Waals surface area (Å²) in [5.41, 5.74) is 8.37. The molecule has 3 nitrogen and oxygen atoms in total. The van der Waals surface area contributed by atoms with E-state index in [1.165, 1.54) is 19.3 Å². The Hall–Kier alpha value is -1.13. The maximum Gasteiger partial charge on any atom is 0.126 e. The van der Waals surface area contributed by atoms with Gasteiger partial charge in [0.15, 0.2) is 0 Å². The summed E-state index contributed by atoms with van der Waals surface area (Å²) >= 11 is 1.65. The normalized spacial score (nSPS) is 19.4. The number of nitrogens with zero attached hydrogens (tertiary/aromatic N) is 1. The van der Waals surface area contributed by atoms with E-state index in [2.05, 4.69) is 10.4 Å². The lowest BCUT2D eigenvalue weighted by atomic mass is 9.81. The number of rotatable bonds is 2. The molecule has 0 aromatic carbocycles. The van der Waals surface area contributed by atoms with E-state index >= 15 is 0 Å². The molecule has 2 heterocycles. The van der Waals surface area contributed by atoms with E-state index in [0.717, 1.165) is 29.1 Å². The molecule has 2 N–H and O–H groups in total. The highest BCUT2D eigenvalue weighted by Gasteiger charge is 2.31. The monoisotopic (exact) mass is 248 g/mol. The molecule has 0 amide bonds. The summed E-state index contributed by atoms with van der Waals surface area (Å²) in [6.07, 6.45) is 9.26. The number of nitrogens with two attached hydrogens (primary N) is 1. The molecule has 1 saturated carbocycles. The fraction of sp³-hybridized carbons (Fsp3) is 0.462. The van der Waals surface area contributed by atoms with E-state index < -0.39 is 0 Å². The summed E-state index contributed by atoms with van der Waals surface area (Å²) < 4.78 is 5.08. The average Bonchev–Trinajstić information content (AvgIpc) is 3.01. The fourth-order valence-electron chi connectivity index (χ4n) is 2.46. The van der Waals surface area contributed by atoms with Gasteiger partial charge in [-0.25, -0.2) is 4.98 Å². The van der Waals surface area contributed by atoms with Crippen molar-refractivity contribution in [2.24, 2.45) is 5.73 Å². The third-order valence-corrected chi connectivity index (χ3v) is 4.42. The minimum atomic E-state index is -0.198. The summed E-state index contributed by atoms with van der Waals surface area (Å²) in [5.74, 6) is 0. The molecular formula is C13H16N2OS. The van der Waals surface area contributed by atoms with Crippen LogP contribution in [0.5, 0.6) is 0 Å².